The van der Waals surface area contributed by atoms with E-state index < -0.39 is 5.60 Å². The van der Waals surface area contributed by atoms with Crippen LogP contribution in [0.25, 0.3) is 0 Å². The summed E-state index contributed by atoms with van der Waals surface area (Å²) in [5, 5.41) is 11.2. The van der Waals surface area contributed by atoms with E-state index in [1.165, 1.54) is 32.1 Å². The normalized spacial score (nSPS) is 36.2. The molecule has 2 fully saturated rings. The lowest BCUT2D eigenvalue weighted by Crippen LogP contribution is -2.53. The Bertz CT molecular complexity index is 270. The minimum atomic E-state index is -0.462. The van der Waals surface area contributed by atoms with Gasteiger partial charge in [0.25, 0.3) is 0 Å². The zero-order valence-electron chi connectivity index (χ0n) is 12.3. The Morgan fingerprint density at radius 3 is 2.39 bits per heavy atom. The van der Waals surface area contributed by atoms with Gasteiger partial charge in [0.15, 0.2) is 0 Å². The van der Waals surface area contributed by atoms with E-state index in [9.17, 15) is 5.11 Å². The molecule has 106 valence electrons. The Morgan fingerprint density at radius 2 is 1.83 bits per heavy atom. The molecular formula is C16H31NO. The molecule has 2 atom stereocenters. The summed E-state index contributed by atoms with van der Waals surface area (Å²) in [5.74, 6) is 1.46. The molecule has 18 heavy (non-hydrogen) atoms. The molecule has 3 N–H and O–H groups in total. The lowest BCUT2D eigenvalue weighted by atomic mass is 9.61. The lowest BCUT2D eigenvalue weighted by molar-refractivity contribution is -0.117. The van der Waals surface area contributed by atoms with Crippen LogP contribution in [-0.4, -0.2) is 17.3 Å². The third kappa shape index (κ3) is 2.60. The molecule has 0 radical (unpaired) electrons. The van der Waals surface area contributed by atoms with Crippen LogP contribution < -0.4 is 5.73 Å². The van der Waals surface area contributed by atoms with Crippen molar-refractivity contribution < 1.29 is 5.11 Å². The van der Waals surface area contributed by atoms with Crippen molar-refractivity contribution in [2.75, 3.05) is 6.54 Å². The van der Waals surface area contributed by atoms with Gasteiger partial charge in [-0.3, -0.25) is 0 Å². The molecule has 0 bridgehead atoms. The van der Waals surface area contributed by atoms with Gasteiger partial charge in [0.05, 0.1) is 5.60 Å². The molecule has 0 aliphatic heterocycles. The van der Waals surface area contributed by atoms with Gasteiger partial charge in [0.2, 0.25) is 0 Å². The first-order chi connectivity index (χ1) is 8.51. The highest BCUT2D eigenvalue weighted by Gasteiger charge is 2.52. The molecule has 0 amide bonds. The van der Waals surface area contributed by atoms with Gasteiger partial charge in [0.1, 0.15) is 0 Å². The standard InChI is InChI=1S/C16H31NO/c1-13(2)10-14-6-5-9-16(18,11-14)15(12-17)7-3-4-8-15/h13-14,18H,3-12,17H2,1-2H3. The fourth-order valence-corrected chi connectivity index (χ4v) is 4.63. The van der Waals surface area contributed by atoms with Crippen LogP contribution in [-0.2, 0) is 0 Å². The van der Waals surface area contributed by atoms with Crippen molar-refractivity contribution in [1.82, 2.24) is 0 Å². The zero-order valence-corrected chi connectivity index (χ0v) is 12.3. The van der Waals surface area contributed by atoms with E-state index in [4.69, 9.17) is 5.73 Å². The Kier molecular flexibility index (Phi) is 4.38. The smallest absolute Gasteiger partial charge is 0.0718 e. The molecule has 0 heterocycles. The minimum Gasteiger partial charge on any atom is -0.389 e. The second kappa shape index (κ2) is 5.50. The molecule has 2 heteroatoms. The molecule has 0 aromatic rings. The number of aliphatic hydroxyl groups is 1. The minimum absolute atomic E-state index is 0.0443. The van der Waals surface area contributed by atoms with Crippen LogP contribution >= 0.6 is 0 Å². The van der Waals surface area contributed by atoms with Gasteiger partial charge >= 0.3 is 0 Å². The maximum atomic E-state index is 11.2. The quantitative estimate of drug-likeness (QED) is 0.806. The number of nitrogens with two attached hydrogens (primary N) is 1. The Hall–Kier alpha value is -0.0800. The predicted octanol–water partition coefficient (Wildman–Crippen LogP) is 3.47. The largest absolute Gasteiger partial charge is 0.389 e. The number of hydrogen-bond acceptors (Lipinski definition) is 2. The summed E-state index contributed by atoms with van der Waals surface area (Å²) >= 11 is 0. The van der Waals surface area contributed by atoms with Crippen molar-refractivity contribution >= 4 is 0 Å². The van der Waals surface area contributed by atoms with E-state index in [-0.39, 0.29) is 5.41 Å². The van der Waals surface area contributed by atoms with Crippen LogP contribution in [0.2, 0.25) is 0 Å². The van der Waals surface area contributed by atoms with Crippen molar-refractivity contribution in [3.05, 3.63) is 0 Å². The maximum absolute atomic E-state index is 11.2. The van der Waals surface area contributed by atoms with Crippen molar-refractivity contribution in [3.63, 3.8) is 0 Å². The molecule has 0 spiro atoms. The van der Waals surface area contributed by atoms with Gasteiger partial charge in [-0.15, -0.1) is 0 Å². The first kappa shape index (κ1) is 14.3. The first-order valence-corrected chi connectivity index (χ1v) is 7.94. The zero-order chi connectivity index (χ0) is 13.2. The second-order valence-electron chi connectivity index (χ2n) is 7.32. The fraction of sp³-hybridized carbons (Fsp3) is 1.00. The molecule has 2 rings (SSSR count). The van der Waals surface area contributed by atoms with Crippen LogP contribution in [0.4, 0.5) is 0 Å². The van der Waals surface area contributed by atoms with Gasteiger partial charge in [-0.2, -0.15) is 0 Å². The van der Waals surface area contributed by atoms with Gasteiger partial charge in [-0.1, -0.05) is 39.5 Å². The summed E-state index contributed by atoms with van der Waals surface area (Å²) in [6, 6.07) is 0. The molecule has 2 saturated carbocycles. The van der Waals surface area contributed by atoms with E-state index in [2.05, 4.69) is 13.8 Å². The average Bonchev–Trinajstić information content (AvgIpc) is 2.78. The molecule has 2 aliphatic carbocycles. The van der Waals surface area contributed by atoms with Gasteiger partial charge in [-0.25, -0.2) is 0 Å². The monoisotopic (exact) mass is 253 g/mol. The summed E-state index contributed by atoms with van der Waals surface area (Å²) in [5.41, 5.74) is 5.65. The predicted molar refractivity (Wildman–Crippen MR) is 76.3 cm³/mol. The summed E-state index contributed by atoms with van der Waals surface area (Å²) in [7, 11) is 0. The lowest BCUT2D eigenvalue weighted by Gasteiger charge is -2.49. The van der Waals surface area contributed by atoms with Crippen LogP contribution in [0.5, 0.6) is 0 Å². The van der Waals surface area contributed by atoms with Crippen molar-refractivity contribution in [2.45, 2.75) is 77.2 Å². The first-order valence-electron chi connectivity index (χ1n) is 7.94. The van der Waals surface area contributed by atoms with E-state index in [0.29, 0.717) is 12.5 Å². The molecule has 2 aliphatic rings. The number of rotatable bonds is 4. The highest BCUT2D eigenvalue weighted by molar-refractivity contribution is 5.04. The summed E-state index contributed by atoms with van der Waals surface area (Å²) in [4.78, 5) is 0. The maximum Gasteiger partial charge on any atom is 0.0718 e. The van der Waals surface area contributed by atoms with Crippen molar-refractivity contribution in [3.8, 4) is 0 Å². The van der Waals surface area contributed by atoms with Gasteiger partial charge < -0.3 is 10.8 Å². The molecule has 2 unspecified atom stereocenters. The molecule has 2 nitrogen and oxygen atoms in total. The van der Waals surface area contributed by atoms with Crippen LogP contribution in [0.1, 0.15) is 71.6 Å². The summed E-state index contributed by atoms with van der Waals surface area (Å²) in [6.07, 6.45) is 10.6. The molecule has 0 saturated heterocycles. The molecule has 0 aromatic carbocycles. The third-order valence-electron chi connectivity index (χ3n) is 5.57. The Labute approximate surface area is 112 Å². The van der Waals surface area contributed by atoms with Gasteiger partial charge in [-0.05, 0) is 43.9 Å². The van der Waals surface area contributed by atoms with Crippen LogP contribution in [0, 0.1) is 17.3 Å². The Morgan fingerprint density at radius 1 is 1.17 bits per heavy atom. The molecular weight excluding hydrogens is 222 g/mol. The molecule has 0 aromatic heterocycles. The highest BCUT2D eigenvalue weighted by atomic mass is 16.3. The van der Waals surface area contributed by atoms with E-state index in [1.54, 1.807) is 0 Å². The second-order valence-corrected chi connectivity index (χ2v) is 7.32. The summed E-state index contributed by atoms with van der Waals surface area (Å²) in [6.45, 7) is 5.27. The number of hydrogen-bond donors (Lipinski definition) is 2. The van der Waals surface area contributed by atoms with E-state index in [0.717, 1.165) is 31.6 Å². The average molecular weight is 253 g/mol. The Balaban J connectivity index is 2.09. The fourth-order valence-electron chi connectivity index (χ4n) is 4.63. The van der Waals surface area contributed by atoms with Gasteiger partial charge in [0, 0.05) is 12.0 Å². The SMILES string of the molecule is CC(C)CC1CCCC(O)(C2(CN)CCCC2)C1. The summed E-state index contributed by atoms with van der Waals surface area (Å²) < 4.78 is 0. The third-order valence-corrected chi connectivity index (χ3v) is 5.57. The van der Waals surface area contributed by atoms with Crippen molar-refractivity contribution in [2.24, 2.45) is 23.0 Å². The van der Waals surface area contributed by atoms with Crippen LogP contribution in [0.15, 0.2) is 0 Å². The van der Waals surface area contributed by atoms with E-state index in [1.807, 2.05) is 0 Å². The van der Waals surface area contributed by atoms with E-state index >= 15 is 0 Å². The van der Waals surface area contributed by atoms with Crippen LogP contribution in [0.3, 0.4) is 0 Å². The topological polar surface area (TPSA) is 46.2 Å². The highest BCUT2D eigenvalue weighted by Crippen LogP contribution is 2.53. The van der Waals surface area contributed by atoms with Crippen molar-refractivity contribution in [1.29, 1.82) is 0 Å².